The van der Waals surface area contributed by atoms with E-state index in [0.717, 1.165) is 29.4 Å². The van der Waals surface area contributed by atoms with Crippen molar-refractivity contribution in [3.8, 4) is 0 Å². The summed E-state index contributed by atoms with van der Waals surface area (Å²) in [4.78, 5) is 6.62. The third-order valence-corrected chi connectivity index (χ3v) is 3.80. The topological polar surface area (TPSA) is 51.4 Å². The number of fused-ring (bicyclic) bond motifs is 1. The highest BCUT2D eigenvalue weighted by atomic mass is 16.5. The summed E-state index contributed by atoms with van der Waals surface area (Å²) in [5.74, 6) is 0. The number of pyridine rings is 1. The van der Waals surface area contributed by atoms with E-state index in [1.54, 1.807) is 13.3 Å². The molecule has 1 atom stereocenters. The van der Waals surface area contributed by atoms with E-state index in [-0.39, 0.29) is 0 Å². The van der Waals surface area contributed by atoms with Gasteiger partial charge in [-0.3, -0.25) is 4.98 Å². The predicted molar refractivity (Wildman–Crippen MR) is 85.1 cm³/mol. The van der Waals surface area contributed by atoms with Crippen LogP contribution in [0.2, 0.25) is 0 Å². The summed E-state index contributed by atoms with van der Waals surface area (Å²) in [7, 11) is 1.73. The number of hydrogen-bond donors (Lipinski definition) is 1. The smallest absolute Gasteiger partial charge is 0.0637 e. The zero-order chi connectivity index (χ0) is 14.5. The lowest BCUT2D eigenvalue weighted by molar-refractivity contribution is 0.203. The lowest BCUT2D eigenvalue weighted by atomic mass is 10.1. The molecule has 4 heteroatoms. The Morgan fingerprint density at radius 3 is 2.80 bits per heavy atom. The highest BCUT2D eigenvalue weighted by Gasteiger charge is 2.16. The average molecular weight is 273 g/mol. The van der Waals surface area contributed by atoms with Crippen LogP contribution in [0.3, 0.4) is 0 Å². The molecule has 1 heterocycles. The van der Waals surface area contributed by atoms with E-state index in [9.17, 15) is 0 Å². The lowest BCUT2D eigenvalue weighted by Crippen LogP contribution is -2.35. The van der Waals surface area contributed by atoms with Gasteiger partial charge < -0.3 is 15.4 Å². The summed E-state index contributed by atoms with van der Waals surface area (Å²) < 4.78 is 5.24. The molecule has 108 valence electrons. The number of rotatable bonds is 6. The van der Waals surface area contributed by atoms with E-state index in [2.05, 4.69) is 29.8 Å². The van der Waals surface area contributed by atoms with Gasteiger partial charge in [0, 0.05) is 54.2 Å². The standard InChI is InChI=1S/C16H23N3O/c1-4-12(2)19(9-10-20-3)16-6-5-15(17)13-7-8-18-11-14(13)16/h5-8,11-12H,4,9-10,17H2,1-3H3. The van der Waals surface area contributed by atoms with Crippen molar-refractivity contribution in [3.63, 3.8) is 0 Å². The summed E-state index contributed by atoms with van der Waals surface area (Å²) >= 11 is 0. The zero-order valence-corrected chi connectivity index (χ0v) is 12.5. The van der Waals surface area contributed by atoms with Gasteiger partial charge in [0.05, 0.1) is 6.61 Å². The first-order valence-corrected chi connectivity index (χ1v) is 7.06. The second-order valence-electron chi connectivity index (χ2n) is 5.04. The van der Waals surface area contributed by atoms with Gasteiger partial charge in [-0.2, -0.15) is 0 Å². The van der Waals surface area contributed by atoms with Crippen molar-refractivity contribution in [1.29, 1.82) is 0 Å². The van der Waals surface area contributed by atoms with Crippen LogP contribution in [-0.4, -0.2) is 31.3 Å². The summed E-state index contributed by atoms with van der Waals surface area (Å²) in [6, 6.07) is 6.47. The fourth-order valence-corrected chi connectivity index (χ4v) is 2.44. The van der Waals surface area contributed by atoms with Crippen LogP contribution in [0.25, 0.3) is 10.8 Å². The van der Waals surface area contributed by atoms with Crippen molar-refractivity contribution in [1.82, 2.24) is 4.98 Å². The quantitative estimate of drug-likeness (QED) is 0.822. The fourth-order valence-electron chi connectivity index (χ4n) is 2.44. The van der Waals surface area contributed by atoms with Crippen molar-refractivity contribution in [2.24, 2.45) is 0 Å². The summed E-state index contributed by atoms with van der Waals surface area (Å²) in [5.41, 5.74) is 8.03. The molecular formula is C16H23N3O. The minimum Gasteiger partial charge on any atom is -0.398 e. The normalized spacial score (nSPS) is 12.6. The van der Waals surface area contributed by atoms with E-state index in [4.69, 9.17) is 10.5 Å². The van der Waals surface area contributed by atoms with Gasteiger partial charge in [-0.15, -0.1) is 0 Å². The van der Waals surface area contributed by atoms with Gasteiger partial charge >= 0.3 is 0 Å². The van der Waals surface area contributed by atoms with Crippen LogP contribution in [0.1, 0.15) is 20.3 Å². The van der Waals surface area contributed by atoms with Crippen LogP contribution in [0, 0.1) is 0 Å². The van der Waals surface area contributed by atoms with E-state index in [1.807, 2.05) is 18.3 Å². The molecule has 1 unspecified atom stereocenters. The number of methoxy groups -OCH3 is 1. The van der Waals surface area contributed by atoms with E-state index < -0.39 is 0 Å². The Hall–Kier alpha value is -1.81. The molecule has 0 bridgehead atoms. The average Bonchev–Trinajstić information content (AvgIpc) is 2.49. The van der Waals surface area contributed by atoms with Crippen LogP contribution in [0.5, 0.6) is 0 Å². The summed E-state index contributed by atoms with van der Waals surface area (Å²) in [6.07, 6.45) is 4.75. The first-order chi connectivity index (χ1) is 9.69. The van der Waals surface area contributed by atoms with Gasteiger partial charge in [-0.05, 0) is 31.5 Å². The molecule has 4 nitrogen and oxygen atoms in total. The summed E-state index contributed by atoms with van der Waals surface area (Å²) in [6.45, 7) is 5.99. The number of benzene rings is 1. The van der Waals surface area contributed by atoms with Gasteiger partial charge in [-0.1, -0.05) is 6.92 Å². The molecule has 0 fully saturated rings. The number of nitrogens with two attached hydrogens (primary N) is 1. The first-order valence-electron chi connectivity index (χ1n) is 7.06. The van der Waals surface area contributed by atoms with Gasteiger partial charge in [-0.25, -0.2) is 0 Å². The molecule has 0 radical (unpaired) electrons. The lowest BCUT2D eigenvalue weighted by Gasteiger charge is -2.31. The Kier molecular flexibility index (Phi) is 4.79. The molecule has 0 aliphatic heterocycles. The van der Waals surface area contributed by atoms with Crippen molar-refractivity contribution < 1.29 is 4.74 Å². The van der Waals surface area contributed by atoms with Crippen LogP contribution in [0.4, 0.5) is 11.4 Å². The maximum absolute atomic E-state index is 6.06. The number of nitrogens with zero attached hydrogens (tertiary/aromatic N) is 2. The van der Waals surface area contributed by atoms with Crippen LogP contribution in [0.15, 0.2) is 30.6 Å². The Morgan fingerprint density at radius 2 is 2.10 bits per heavy atom. The summed E-state index contributed by atoms with van der Waals surface area (Å²) in [5, 5.41) is 2.16. The largest absolute Gasteiger partial charge is 0.398 e. The Morgan fingerprint density at radius 1 is 1.30 bits per heavy atom. The molecule has 0 saturated carbocycles. The molecule has 0 aliphatic carbocycles. The van der Waals surface area contributed by atoms with Crippen molar-refractivity contribution in [2.75, 3.05) is 30.9 Å². The molecule has 20 heavy (non-hydrogen) atoms. The zero-order valence-electron chi connectivity index (χ0n) is 12.5. The number of ether oxygens (including phenoxy) is 1. The molecule has 2 N–H and O–H groups in total. The van der Waals surface area contributed by atoms with E-state index in [0.29, 0.717) is 12.6 Å². The second-order valence-corrected chi connectivity index (χ2v) is 5.04. The van der Waals surface area contributed by atoms with Gasteiger partial charge in [0.1, 0.15) is 0 Å². The van der Waals surface area contributed by atoms with Gasteiger partial charge in [0.15, 0.2) is 0 Å². The monoisotopic (exact) mass is 273 g/mol. The fraction of sp³-hybridized carbons (Fsp3) is 0.438. The first kappa shape index (κ1) is 14.6. The number of nitrogen functional groups attached to an aromatic ring is 1. The SMILES string of the molecule is CCC(C)N(CCOC)c1ccc(N)c2ccncc12. The third-order valence-electron chi connectivity index (χ3n) is 3.80. The molecule has 2 aromatic rings. The Balaban J connectivity index is 2.50. The van der Waals surface area contributed by atoms with Crippen LogP contribution in [-0.2, 0) is 4.74 Å². The van der Waals surface area contributed by atoms with E-state index in [1.165, 1.54) is 5.69 Å². The number of hydrogen-bond acceptors (Lipinski definition) is 4. The third kappa shape index (κ3) is 2.85. The maximum atomic E-state index is 6.06. The Bertz CT molecular complexity index is 571. The van der Waals surface area contributed by atoms with Gasteiger partial charge in [0.2, 0.25) is 0 Å². The predicted octanol–water partition coefficient (Wildman–Crippen LogP) is 3.07. The molecule has 0 spiro atoms. The maximum Gasteiger partial charge on any atom is 0.0637 e. The van der Waals surface area contributed by atoms with Gasteiger partial charge in [0.25, 0.3) is 0 Å². The molecular weight excluding hydrogens is 250 g/mol. The molecule has 1 aromatic carbocycles. The van der Waals surface area contributed by atoms with Crippen molar-refractivity contribution >= 4 is 22.1 Å². The minimum atomic E-state index is 0.442. The minimum absolute atomic E-state index is 0.442. The van der Waals surface area contributed by atoms with Crippen molar-refractivity contribution in [3.05, 3.63) is 30.6 Å². The van der Waals surface area contributed by atoms with E-state index >= 15 is 0 Å². The number of anilines is 2. The number of aromatic nitrogens is 1. The second kappa shape index (κ2) is 6.57. The molecule has 0 saturated heterocycles. The van der Waals surface area contributed by atoms with Crippen LogP contribution >= 0.6 is 0 Å². The van der Waals surface area contributed by atoms with Crippen LogP contribution < -0.4 is 10.6 Å². The molecule has 1 aromatic heterocycles. The highest BCUT2D eigenvalue weighted by molar-refractivity contribution is 6.00. The van der Waals surface area contributed by atoms with Crippen molar-refractivity contribution in [2.45, 2.75) is 26.3 Å². The molecule has 0 aliphatic rings. The highest BCUT2D eigenvalue weighted by Crippen LogP contribution is 2.31. The molecule has 2 rings (SSSR count). The molecule has 0 amide bonds. The Labute approximate surface area is 120 Å².